The lowest BCUT2D eigenvalue weighted by atomic mass is 9.98. The van der Waals surface area contributed by atoms with Crippen molar-refractivity contribution >= 4 is 16.6 Å². The Morgan fingerprint density at radius 1 is 1.10 bits per heavy atom. The van der Waals surface area contributed by atoms with Crippen LogP contribution in [-0.4, -0.2) is 10.1 Å². The molecule has 0 aliphatic rings. The van der Waals surface area contributed by atoms with Crippen molar-refractivity contribution in [1.82, 2.24) is 4.98 Å². The summed E-state index contributed by atoms with van der Waals surface area (Å²) in [4.78, 5) is 4.33. The molecule has 3 aromatic rings. The van der Waals surface area contributed by atoms with Gasteiger partial charge in [-0.2, -0.15) is 0 Å². The number of aromatic hydroxyl groups is 1. The van der Waals surface area contributed by atoms with E-state index >= 15 is 0 Å². The number of phenolic OH excluding ortho intramolecular Hbond substituents is 1. The number of nitrogen functional groups attached to an aromatic ring is 1. The summed E-state index contributed by atoms with van der Waals surface area (Å²) in [5.74, 6) is -0.499. The van der Waals surface area contributed by atoms with Gasteiger partial charge < -0.3 is 10.8 Å². The van der Waals surface area contributed by atoms with E-state index in [1.807, 2.05) is 18.2 Å². The van der Waals surface area contributed by atoms with E-state index in [0.29, 0.717) is 16.8 Å². The normalized spacial score (nSPS) is 10.9. The second kappa shape index (κ2) is 4.49. The molecule has 3 nitrogen and oxygen atoms in total. The highest BCUT2D eigenvalue weighted by atomic mass is 19.1. The van der Waals surface area contributed by atoms with Crippen molar-refractivity contribution in [3.63, 3.8) is 0 Å². The van der Waals surface area contributed by atoms with Gasteiger partial charge in [-0.15, -0.1) is 0 Å². The van der Waals surface area contributed by atoms with E-state index in [4.69, 9.17) is 5.73 Å². The summed E-state index contributed by atoms with van der Waals surface area (Å²) in [6.07, 6.45) is 1.62. The number of halogens is 1. The largest absolute Gasteiger partial charge is 0.507 e. The minimum atomic E-state index is -0.432. The highest BCUT2D eigenvalue weighted by Gasteiger charge is 2.14. The van der Waals surface area contributed by atoms with Gasteiger partial charge in [0.15, 0.2) is 0 Å². The van der Waals surface area contributed by atoms with Crippen LogP contribution in [0.5, 0.6) is 5.75 Å². The molecule has 1 heterocycles. The van der Waals surface area contributed by atoms with Crippen LogP contribution in [0.1, 0.15) is 5.56 Å². The molecule has 20 heavy (non-hydrogen) atoms. The molecule has 0 radical (unpaired) electrons. The lowest BCUT2D eigenvalue weighted by Gasteiger charge is -2.11. The van der Waals surface area contributed by atoms with Crippen molar-refractivity contribution < 1.29 is 9.50 Å². The number of pyridine rings is 1. The fourth-order valence-corrected chi connectivity index (χ4v) is 2.31. The minimum absolute atomic E-state index is 0.0678. The monoisotopic (exact) mass is 268 g/mol. The number of nitrogens with two attached hydrogens (primary N) is 1. The quantitative estimate of drug-likeness (QED) is 0.708. The molecule has 0 amide bonds. The van der Waals surface area contributed by atoms with Gasteiger partial charge in [-0.3, -0.25) is 4.98 Å². The fourth-order valence-electron chi connectivity index (χ4n) is 2.31. The van der Waals surface area contributed by atoms with E-state index in [1.165, 1.54) is 6.07 Å². The predicted octanol–water partition coefficient (Wildman–Crippen LogP) is 3.64. The zero-order valence-corrected chi connectivity index (χ0v) is 10.9. The average Bonchev–Trinajstić information content (AvgIpc) is 2.45. The molecule has 3 N–H and O–H groups in total. The third-order valence-electron chi connectivity index (χ3n) is 3.46. The number of phenols is 1. The van der Waals surface area contributed by atoms with Gasteiger partial charge >= 0.3 is 0 Å². The zero-order valence-electron chi connectivity index (χ0n) is 10.9. The van der Waals surface area contributed by atoms with Gasteiger partial charge in [0.05, 0.1) is 5.52 Å². The Hall–Kier alpha value is -2.62. The number of hydrogen-bond acceptors (Lipinski definition) is 3. The van der Waals surface area contributed by atoms with E-state index in [2.05, 4.69) is 4.98 Å². The Kier molecular flexibility index (Phi) is 2.79. The van der Waals surface area contributed by atoms with Crippen LogP contribution in [-0.2, 0) is 0 Å². The van der Waals surface area contributed by atoms with E-state index in [1.54, 1.807) is 25.3 Å². The topological polar surface area (TPSA) is 59.1 Å². The SMILES string of the molecule is Cc1c(F)ccc(-c2cccc3c(N)ccnc23)c1O. The van der Waals surface area contributed by atoms with Gasteiger partial charge in [0.2, 0.25) is 0 Å². The summed E-state index contributed by atoms with van der Waals surface area (Å²) >= 11 is 0. The van der Waals surface area contributed by atoms with Crippen LogP contribution in [0.4, 0.5) is 10.1 Å². The third-order valence-corrected chi connectivity index (χ3v) is 3.46. The number of nitrogens with zero attached hydrogens (tertiary/aromatic N) is 1. The minimum Gasteiger partial charge on any atom is -0.507 e. The van der Waals surface area contributed by atoms with Crippen LogP contribution in [0.2, 0.25) is 0 Å². The van der Waals surface area contributed by atoms with E-state index in [0.717, 1.165) is 10.9 Å². The summed E-state index contributed by atoms with van der Waals surface area (Å²) in [6, 6.07) is 10.2. The summed E-state index contributed by atoms with van der Waals surface area (Å²) in [6.45, 7) is 1.54. The maximum atomic E-state index is 13.5. The number of para-hydroxylation sites is 1. The molecule has 0 saturated heterocycles. The smallest absolute Gasteiger partial charge is 0.129 e. The average molecular weight is 268 g/mol. The van der Waals surface area contributed by atoms with Gasteiger partial charge in [-0.05, 0) is 25.1 Å². The van der Waals surface area contributed by atoms with Crippen molar-refractivity contribution in [1.29, 1.82) is 0 Å². The molecule has 3 rings (SSSR count). The van der Waals surface area contributed by atoms with Crippen LogP contribution >= 0.6 is 0 Å². The number of hydrogen-bond donors (Lipinski definition) is 2. The Balaban J connectivity index is 2.36. The second-order valence-corrected chi connectivity index (χ2v) is 4.67. The molecule has 0 bridgehead atoms. The number of fused-ring (bicyclic) bond motifs is 1. The Labute approximate surface area is 115 Å². The van der Waals surface area contributed by atoms with Crippen LogP contribution < -0.4 is 5.73 Å². The Morgan fingerprint density at radius 2 is 1.90 bits per heavy atom. The van der Waals surface area contributed by atoms with Crippen molar-refractivity contribution in [3.05, 3.63) is 54.0 Å². The van der Waals surface area contributed by atoms with E-state index in [9.17, 15) is 9.50 Å². The van der Waals surface area contributed by atoms with Crippen molar-refractivity contribution in [2.24, 2.45) is 0 Å². The van der Waals surface area contributed by atoms with Gasteiger partial charge in [0, 0.05) is 34.0 Å². The van der Waals surface area contributed by atoms with Gasteiger partial charge in [-0.1, -0.05) is 18.2 Å². The summed E-state index contributed by atoms with van der Waals surface area (Å²) < 4.78 is 13.5. The second-order valence-electron chi connectivity index (χ2n) is 4.67. The van der Waals surface area contributed by atoms with Gasteiger partial charge in [-0.25, -0.2) is 4.39 Å². The molecule has 0 atom stereocenters. The number of benzene rings is 2. The molecule has 1 aromatic heterocycles. The molecule has 0 spiro atoms. The lowest BCUT2D eigenvalue weighted by molar-refractivity contribution is 0.465. The van der Waals surface area contributed by atoms with Crippen molar-refractivity contribution in [2.45, 2.75) is 6.92 Å². The summed E-state index contributed by atoms with van der Waals surface area (Å²) in [7, 11) is 0. The lowest BCUT2D eigenvalue weighted by Crippen LogP contribution is -1.92. The maximum Gasteiger partial charge on any atom is 0.129 e. The van der Waals surface area contributed by atoms with E-state index in [-0.39, 0.29) is 11.3 Å². The molecule has 0 aliphatic heterocycles. The molecule has 0 saturated carbocycles. The highest BCUT2D eigenvalue weighted by molar-refractivity contribution is 6.00. The van der Waals surface area contributed by atoms with Crippen LogP contribution in [0, 0.1) is 12.7 Å². The first-order valence-electron chi connectivity index (χ1n) is 6.21. The first-order valence-corrected chi connectivity index (χ1v) is 6.21. The molecule has 0 aliphatic carbocycles. The summed E-state index contributed by atoms with van der Waals surface area (Å²) in [5.41, 5.74) is 8.75. The van der Waals surface area contributed by atoms with E-state index < -0.39 is 5.82 Å². The molecule has 0 fully saturated rings. The molecule has 100 valence electrons. The third kappa shape index (κ3) is 1.77. The summed E-state index contributed by atoms with van der Waals surface area (Å²) in [5, 5.41) is 11.0. The number of rotatable bonds is 1. The predicted molar refractivity (Wildman–Crippen MR) is 78.0 cm³/mol. The first-order chi connectivity index (χ1) is 9.59. The Morgan fingerprint density at radius 3 is 2.70 bits per heavy atom. The van der Waals surface area contributed by atoms with Crippen LogP contribution in [0.25, 0.3) is 22.0 Å². The molecule has 0 unspecified atom stereocenters. The molecule has 2 aromatic carbocycles. The fraction of sp³-hybridized carbons (Fsp3) is 0.0625. The van der Waals surface area contributed by atoms with Crippen molar-refractivity contribution in [2.75, 3.05) is 5.73 Å². The standard InChI is InChI=1S/C16H13FN2O/c1-9-13(17)6-5-11(16(9)20)10-3-2-4-12-14(18)7-8-19-15(10)12/h2-8,20H,1H3,(H2,18,19). The van der Waals surface area contributed by atoms with Crippen molar-refractivity contribution in [3.8, 4) is 16.9 Å². The van der Waals surface area contributed by atoms with Crippen LogP contribution in [0.3, 0.4) is 0 Å². The van der Waals surface area contributed by atoms with Gasteiger partial charge in [0.1, 0.15) is 11.6 Å². The molecular weight excluding hydrogens is 255 g/mol. The molecule has 4 heteroatoms. The molecular formula is C16H13FN2O. The Bertz CT molecular complexity index is 815. The number of aromatic nitrogens is 1. The zero-order chi connectivity index (χ0) is 14.3. The van der Waals surface area contributed by atoms with Gasteiger partial charge in [0.25, 0.3) is 0 Å². The first kappa shape index (κ1) is 12.4. The maximum absolute atomic E-state index is 13.5. The highest BCUT2D eigenvalue weighted by Crippen LogP contribution is 2.37. The van der Waals surface area contributed by atoms with Crippen LogP contribution in [0.15, 0.2) is 42.6 Å². The number of anilines is 1.